The Labute approximate surface area is 175 Å². The topological polar surface area (TPSA) is 97.6 Å². The summed E-state index contributed by atoms with van der Waals surface area (Å²) in [5.74, 6) is 0.170. The molecule has 2 N–H and O–H groups in total. The minimum Gasteiger partial charge on any atom is -0.489 e. The van der Waals surface area contributed by atoms with E-state index in [9.17, 15) is 9.50 Å². The van der Waals surface area contributed by atoms with Gasteiger partial charge in [0.25, 0.3) is 0 Å². The minimum atomic E-state index is -0.606. The van der Waals surface area contributed by atoms with Gasteiger partial charge in [0.05, 0.1) is 23.9 Å². The van der Waals surface area contributed by atoms with Gasteiger partial charge < -0.3 is 19.6 Å². The standard InChI is InChI=1S/C18H18FN5O3.3CH4/c1-9-4-12-15(19)13(5-20-17(12)23-9)27-18-16-11(3)14(26-7-10(2)25)6-24(16)22-8-21-18;;;/h4-6,8,10,25H,7H2,1-3H3,(H,20,23);3*1H4/t10-;;;/m1.../s1. The van der Waals surface area contributed by atoms with Gasteiger partial charge in [-0.05, 0) is 26.8 Å². The highest BCUT2D eigenvalue weighted by Gasteiger charge is 2.18. The summed E-state index contributed by atoms with van der Waals surface area (Å²) in [7, 11) is 0. The summed E-state index contributed by atoms with van der Waals surface area (Å²) in [5.41, 5.74) is 2.53. The maximum Gasteiger partial charge on any atom is 0.247 e. The summed E-state index contributed by atoms with van der Waals surface area (Å²) in [5, 5.41) is 13.9. The first-order valence-corrected chi connectivity index (χ1v) is 8.39. The molecule has 0 aliphatic rings. The van der Waals surface area contributed by atoms with Crippen LogP contribution in [-0.2, 0) is 0 Å². The molecule has 0 unspecified atom stereocenters. The Morgan fingerprint density at radius 1 is 1.20 bits per heavy atom. The first-order chi connectivity index (χ1) is 12.9. The Hall–Kier alpha value is -3.20. The van der Waals surface area contributed by atoms with Crippen molar-refractivity contribution in [3.63, 3.8) is 0 Å². The number of aliphatic hydroxyl groups excluding tert-OH is 1. The van der Waals surface area contributed by atoms with E-state index in [1.165, 1.54) is 12.5 Å². The van der Waals surface area contributed by atoms with Gasteiger partial charge in [0.15, 0.2) is 11.6 Å². The van der Waals surface area contributed by atoms with Gasteiger partial charge in [0.1, 0.15) is 29.8 Å². The Balaban J connectivity index is 0.00000150. The largest absolute Gasteiger partial charge is 0.489 e. The molecule has 0 saturated carbocycles. The summed E-state index contributed by atoms with van der Waals surface area (Å²) in [6.45, 7) is 5.42. The maximum atomic E-state index is 14.8. The molecule has 8 nitrogen and oxygen atoms in total. The van der Waals surface area contributed by atoms with Crippen molar-refractivity contribution in [3.05, 3.63) is 41.9 Å². The third kappa shape index (κ3) is 4.35. The lowest BCUT2D eigenvalue weighted by molar-refractivity contribution is 0.122. The minimum absolute atomic E-state index is 0. The first kappa shape index (κ1) is 24.8. The fraction of sp³-hybridized carbons (Fsp3) is 0.381. The first-order valence-electron chi connectivity index (χ1n) is 8.39. The van der Waals surface area contributed by atoms with Crippen LogP contribution < -0.4 is 9.47 Å². The van der Waals surface area contributed by atoms with Crippen molar-refractivity contribution in [2.45, 2.75) is 49.2 Å². The van der Waals surface area contributed by atoms with Crippen molar-refractivity contribution in [1.29, 1.82) is 0 Å². The number of hydrogen-bond acceptors (Lipinski definition) is 6. The van der Waals surface area contributed by atoms with Gasteiger partial charge in [0.2, 0.25) is 5.88 Å². The Morgan fingerprint density at radius 2 is 1.93 bits per heavy atom. The summed E-state index contributed by atoms with van der Waals surface area (Å²) >= 11 is 0. The second-order valence-electron chi connectivity index (χ2n) is 6.39. The van der Waals surface area contributed by atoms with Crippen LogP contribution in [0.3, 0.4) is 0 Å². The van der Waals surface area contributed by atoms with Crippen LogP contribution in [0.1, 0.15) is 40.5 Å². The molecule has 0 spiro atoms. The van der Waals surface area contributed by atoms with Gasteiger partial charge in [-0.15, -0.1) is 0 Å². The van der Waals surface area contributed by atoms with Crippen molar-refractivity contribution < 1.29 is 19.0 Å². The molecule has 1 atom stereocenters. The Morgan fingerprint density at radius 3 is 2.63 bits per heavy atom. The summed E-state index contributed by atoms with van der Waals surface area (Å²) in [6, 6.07) is 1.67. The van der Waals surface area contributed by atoms with Gasteiger partial charge in [-0.3, -0.25) is 0 Å². The van der Waals surface area contributed by atoms with Crippen LogP contribution in [-0.4, -0.2) is 42.4 Å². The number of ether oxygens (including phenoxy) is 2. The number of aryl methyl sites for hydroxylation is 2. The molecule has 4 aromatic rings. The zero-order valence-corrected chi connectivity index (χ0v) is 15.0. The van der Waals surface area contributed by atoms with E-state index >= 15 is 0 Å². The molecular formula is C21H30FN5O3. The third-order valence-corrected chi connectivity index (χ3v) is 4.13. The molecule has 0 amide bonds. The molecule has 30 heavy (non-hydrogen) atoms. The molecule has 4 heterocycles. The maximum absolute atomic E-state index is 14.8. The van der Waals surface area contributed by atoms with E-state index in [0.717, 1.165) is 11.3 Å². The van der Waals surface area contributed by atoms with Gasteiger partial charge in [-0.2, -0.15) is 10.1 Å². The van der Waals surface area contributed by atoms with Crippen molar-refractivity contribution in [3.8, 4) is 17.4 Å². The number of pyridine rings is 1. The number of rotatable bonds is 5. The smallest absolute Gasteiger partial charge is 0.247 e. The van der Waals surface area contributed by atoms with Crippen molar-refractivity contribution in [1.82, 2.24) is 24.6 Å². The number of nitrogens with zero attached hydrogens (tertiary/aromatic N) is 4. The van der Waals surface area contributed by atoms with Gasteiger partial charge in [0, 0.05) is 11.3 Å². The zero-order valence-electron chi connectivity index (χ0n) is 15.0. The van der Waals surface area contributed by atoms with E-state index in [2.05, 4.69) is 20.1 Å². The molecule has 0 aromatic carbocycles. The molecule has 0 saturated heterocycles. The quantitative estimate of drug-likeness (QED) is 0.481. The van der Waals surface area contributed by atoms with Gasteiger partial charge in [-0.25, -0.2) is 13.9 Å². The second-order valence-corrected chi connectivity index (χ2v) is 6.39. The lowest BCUT2D eigenvalue weighted by Gasteiger charge is -2.08. The molecule has 164 valence electrons. The summed E-state index contributed by atoms with van der Waals surface area (Å²) in [4.78, 5) is 11.3. The SMILES string of the molecule is C.C.C.Cc1cc2c(F)c(Oc3ncnn4cc(OC[C@@H](C)O)c(C)c34)cnc2[nH]1. The number of fused-ring (bicyclic) bond motifs is 2. The molecule has 0 radical (unpaired) electrons. The van der Waals surface area contributed by atoms with Crippen LogP contribution in [0, 0.1) is 19.7 Å². The molecule has 4 aromatic heterocycles. The summed E-state index contributed by atoms with van der Waals surface area (Å²) in [6.07, 6.45) is 3.68. The van der Waals surface area contributed by atoms with Gasteiger partial charge >= 0.3 is 0 Å². The monoisotopic (exact) mass is 419 g/mol. The molecule has 0 aliphatic carbocycles. The average Bonchev–Trinajstić information content (AvgIpc) is 3.16. The predicted octanol–water partition coefficient (Wildman–Crippen LogP) is 4.82. The van der Waals surface area contributed by atoms with E-state index in [1.807, 2.05) is 13.8 Å². The van der Waals surface area contributed by atoms with Crippen LogP contribution in [0.25, 0.3) is 16.6 Å². The normalized spacial score (nSPS) is 11.4. The van der Waals surface area contributed by atoms with Crippen LogP contribution in [0.2, 0.25) is 0 Å². The highest BCUT2D eigenvalue weighted by atomic mass is 19.1. The Kier molecular flexibility index (Phi) is 7.89. The number of halogens is 1. The van der Waals surface area contributed by atoms with Crippen LogP contribution in [0.4, 0.5) is 4.39 Å². The van der Waals surface area contributed by atoms with E-state index in [1.54, 1.807) is 23.7 Å². The van der Waals surface area contributed by atoms with Crippen LogP contribution in [0.15, 0.2) is 24.8 Å². The molecule has 0 fully saturated rings. The molecule has 0 aliphatic heterocycles. The summed E-state index contributed by atoms with van der Waals surface area (Å²) < 4.78 is 27.7. The van der Waals surface area contributed by atoms with Crippen LogP contribution >= 0.6 is 0 Å². The molecule has 9 heteroatoms. The predicted molar refractivity (Wildman–Crippen MR) is 116 cm³/mol. The number of H-pyrrole nitrogens is 1. The fourth-order valence-corrected chi connectivity index (χ4v) is 2.87. The lowest BCUT2D eigenvalue weighted by atomic mass is 10.3. The lowest BCUT2D eigenvalue weighted by Crippen LogP contribution is -2.12. The Bertz CT molecular complexity index is 1140. The van der Waals surface area contributed by atoms with Crippen molar-refractivity contribution in [2.24, 2.45) is 0 Å². The molecular weight excluding hydrogens is 389 g/mol. The highest BCUT2D eigenvalue weighted by Crippen LogP contribution is 2.34. The van der Waals surface area contributed by atoms with Crippen molar-refractivity contribution in [2.75, 3.05) is 6.61 Å². The number of aliphatic hydroxyl groups is 1. The van der Waals surface area contributed by atoms with E-state index in [-0.39, 0.29) is 40.5 Å². The van der Waals surface area contributed by atoms with E-state index in [4.69, 9.17) is 9.47 Å². The van der Waals surface area contributed by atoms with E-state index in [0.29, 0.717) is 22.3 Å². The third-order valence-electron chi connectivity index (χ3n) is 4.13. The second kappa shape index (κ2) is 9.53. The fourth-order valence-electron chi connectivity index (χ4n) is 2.87. The van der Waals surface area contributed by atoms with Crippen LogP contribution in [0.5, 0.6) is 17.4 Å². The van der Waals surface area contributed by atoms with Crippen molar-refractivity contribution >= 4 is 16.6 Å². The average molecular weight is 420 g/mol. The molecule has 0 bridgehead atoms. The zero-order chi connectivity index (χ0) is 19.1. The van der Waals surface area contributed by atoms with Gasteiger partial charge in [-0.1, -0.05) is 22.3 Å². The number of aromatic amines is 1. The molecule has 4 rings (SSSR count). The van der Waals surface area contributed by atoms with E-state index < -0.39 is 11.9 Å². The highest BCUT2D eigenvalue weighted by molar-refractivity contribution is 5.79. The number of nitrogens with one attached hydrogen (secondary N) is 1. The number of aromatic nitrogens is 5. The number of hydrogen-bond donors (Lipinski definition) is 2.